The van der Waals surface area contributed by atoms with Crippen molar-refractivity contribution in [3.8, 4) is 0 Å². The number of amides is 4. The summed E-state index contributed by atoms with van der Waals surface area (Å²) in [6, 6.07) is 17.9. The Kier molecular flexibility index (Phi) is 5.63. The number of carbonyl (C=O) groups is 5. The molecule has 2 aliphatic heterocycles. The zero-order valence-electron chi connectivity index (χ0n) is 20.4. The molecule has 1 N–H and O–H groups in total. The summed E-state index contributed by atoms with van der Waals surface area (Å²) in [5.74, 6) is -2.81. The lowest BCUT2D eigenvalue weighted by Gasteiger charge is -2.41. The predicted molar refractivity (Wildman–Crippen MR) is 136 cm³/mol. The van der Waals surface area contributed by atoms with Crippen LogP contribution in [0.4, 0.5) is 17.1 Å². The molecule has 9 heteroatoms. The van der Waals surface area contributed by atoms with Gasteiger partial charge in [-0.25, -0.2) is 9.69 Å². The van der Waals surface area contributed by atoms with Crippen molar-refractivity contribution in [2.45, 2.75) is 26.3 Å². The van der Waals surface area contributed by atoms with Gasteiger partial charge in [0, 0.05) is 0 Å². The van der Waals surface area contributed by atoms with Crippen LogP contribution < -0.4 is 15.1 Å². The monoisotopic (exact) mass is 497 g/mol. The number of benzene rings is 3. The number of hydrogen-bond acceptors (Lipinski definition) is 6. The summed E-state index contributed by atoms with van der Waals surface area (Å²) in [6.45, 7) is 4.37. The van der Waals surface area contributed by atoms with Crippen molar-refractivity contribution in [3.63, 3.8) is 0 Å². The fraction of sp³-hybridized carbons (Fsp3) is 0.179. The molecule has 0 aromatic heterocycles. The highest BCUT2D eigenvalue weighted by atomic mass is 16.5. The minimum Gasteiger partial charge on any atom is -0.452 e. The van der Waals surface area contributed by atoms with E-state index in [-0.39, 0.29) is 22.6 Å². The van der Waals surface area contributed by atoms with Crippen molar-refractivity contribution in [2.24, 2.45) is 0 Å². The number of carbonyl (C=O) groups excluding carboxylic acids is 5. The van der Waals surface area contributed by atoms with Crippen LogP contribution in [0.25, 0.3) is 0 Å². The van der Waals surface area contributed by atoms with Gasteiger partial charge in [-0.15, -0.1) is 0 Å². The standard InChI is InChI=1S/C28H23N3O6/c1-16-8-4-6-10-21(16)30-24(33)18-13-12-17(14-19(18)25(30)34)26(35)37-15-23(32)31-22-11-7-5-9-20(22)29-27(36)28(31,2)3/h4-14H,15H2,1-3H3,(H,29,36). The molecule has 3 aromatic carbocycles. The molecule has 0 saturated heterocycles. The molecule has 2 aliphatic rings. The van der Waals surface area contributed by atoms with Crippen molar-refractivity contribution in [1.29, 1.82) is 0 Å². The normalized spacial score (nSPS) is 15.7. The number of esters is 1. The summed E-state index contributed by atoms with van der Waals surface area (Å²) >= 11 is 0. The lowest BCUT2D eigenvalue weighted by atomic mass is 9.96. The Balaban J connectivity index is 1.35. The van der Waals surface area contributed by atoms with Crippen molar-refractivity contribution >= 4 is 46.7 Å². The molecule has 0 unspecified atom stereocenters. The van der Waals surface area contributed by atoms with Gasteiger partial charge in [0.1, 0.15) is 5.54 Å². The second-order valence-corrected chi connectivity index (χ2v) is 9.33. The van der Waals surface area contributed by atoms with Crippen molar-refractivity contribution in [3.05, 3.63) is 89.0 Å². The minimum atomic E-state index is -1.21. The zero-order valence-corrected chi connectivity index (χ0v) is 20.4. The average molecular weight is 498 g/mol. The van der Waals surface area contributed by atoms with Crippen LogP contribution in [0.15, 0.2) is 66.7 Å². The molecule has 9 nitrogen and oxygen atoms in total. The summed E-state index contributed by atoms with van der Waals surface area (Å²) in [6.07, 6.45) is 0. The van der Waals surface area contributed by atoms with E-state index in [1.165, 1.54) is 23.1 Å². The number of aryl methyl sites for hydroxylation is 1. The molecule has 0 aliphatic carbocycles. The first-order valence-corrected chi connectivity index (χ1v) is 11.6. The Morgan fingerprint density at radius 1 is 0.865 bits per heavy atom. The Morgan fingerprint density at radius 3 is 2.24 bits per heavy atom. The SMILES string of the molecule is Cc1ccccc1N1C(=O)c2ccc(C(=O)OCC(=O)N3c4ccccc4NC(=O)C3(C)C)cc2C1=O. The summed E-state index contributed by atoms with van der Waals surface area (Å²) in [5.41, 5.74) is 1.27. The lowest BCUT2D eigenvalue weighted by Crippen LogP contribution is -2.59. The van der Waals surface area contributed by atoms with Crippen LogP contribution in [0.1, 0.15) is 50.5 Å². The van der Waals surface area contributed by atoms with E-state index in [0.29, 0.717) is 17.1 Å². The van der Waals surface area contributed by atoms with E-state index in [4.69, 9.17) is 4.74 Å². The molecule has 4 amide bonds. The lowest BCUT2D eigenvalue weighted by molar-refractivity contribution is -0.128. The number of ether oxygens (including phenoxy) is 1. The van der Waals surface area contributed by atoms with Crippen LogP contribution in [0.5, 0.6) is 0 Å². The number of para-hydroxylation sites is 3. The highest BCUT2D eigenvalue weighted by Crippen LogP contribution is 2.37. The molecule has 0 saturated carbocycles. The van der Waals surface area contributed by atoms with E-state index in [9.17, 15) is 24.0 Å². The quantitative estimate of drug-likeness (QED) is 0.434. The molecule has 37 heavy (non-hydrogen) atoms. The average Bonchev–Trinajstić information content (AvgIpc) is 3.12. The molecule has 0 radical (unpaired) electrons. The van der Waals surface area contributed by atoms with Gasteiger partial charge in [0.05, 0.1) is 33.8 Å². The van der Waals surface area contributed by atoms with Crippen LogP contribution >= 0.6 is 0 Å². The van der Waals surface area contributed by atoms with Crippen molar-refractivity contribution < 1.29 is 28.7 Å². The van der Waals surface area contributed by atoms with Gasteiger partial charge < -0.3 is 10.1 Å². The van der Waals surface area contributed by atoms with Gasteiger partial charge in [-0.05, 0) is 62.7 Å². The second kappa shape index (κ2) is 8.70. The molecule has 0 bridgehead atoms. The molecule has 0 atom stereocenters. The summed E-state index contributed by atoms with van der Waals surface area (Å²) < 4.78 is 5.27. The highest BCUT2D eigenvalue weighted by molar-refractivity contribution is 6.35. The number of imide groups is 1. The number of rotatable bonds is 4. The van der Waals surface area contributed by atoms with Crippen LogP contribution in [-0.4, -0.2) is 41.7 Å². The Hall–Kier alpha value is -4.79. The molecule has 0 spiro atoms. The Morgan fingerprint density at radius 2 is 1.51 bits per heavy atom. The minimum absolute atomic E-state index is 0.0235. The first-order chi connectivity index (χ1) is 17.6. The largest absolute Gasteiger partial charge is 0.452 e. The predicted octanol–water partition coefficient (Wildman–Crippen LogP) is 3.72. The zero-order chi connectivity index (χ0) is 26.5. The molecular weight excluding hydrogens is 474 g/mol. The van der Waals surface area contributed by atoms with E-state index < -0.39 is 35.8 Å². The highest BCUT2D eigenvalue weighted by Gasteiger charge is 2.44. The topological polar surface area (TPSA) is 113 Å². The smallest absolute Gasteiger partial charge is 0.338 e. The third-order valence-corrected chi connectivity index (χ3v) is 6.56. The third-order valence-electron chi connectivity index (χ3n) is 6.56. The van der Waals surface area contributed by atoms with Gasteiger partial charge >= 0.3 is 5.97 Å². The van der Waals surface area contributed by atoms with E-state index in [0.717, 1.165) is 10.5 Å². The van der Waals surface area contributed by atoms with E-state index in [1.54, 1.807) is 63.2 Å². The van der Waals surface area contributed by atoms with Gasteiger partial charge in [-0.3, -0.25) is 24.1 Å². The molecule has 3 aromatic rings. The van der Waals surface area contributed by atoms with E-state index in [1.807, 2.05) is 6.07 Å². The molecule has 2 heterocycles. The third kappa shape index (κ3) is 3.85. The van der Waals surface area contributed by atoms with Crippen LogP contribution in [-0.2, 0) is 14.3 Å². The number of nitrogens with zero attached hydrogens (tertiary/aromatic N) is 2. The van der Waals surface area contributed by atoms with Crippen molar-refractivity contribution in [2.75, 3.05) is 21.7 Å². The fourth-order valence-corrected chi connectivity index (χ4v) is 4.57. The maximum atomic E-state index is 13.1. The van der Waals surface area contributed by atoms with Gasteiger partial charge in [0.15, 0.2) is 6.61 Å². The van der Waals surface area contributed by atoms with E-state index in [2.05, 4.69) is 5.32 Å². The number of anilines is 3. The maximum Gasteiger partial charge on any atom is 0.338 e. The number of fused-ring (bicyclic) bond motifs is 2. The first-order valence-electron chi connectivity index (χ1n) is 11.6. The van der Waals surface area contributed by atoms with Gasteiger partial charge in [-0.2, -0.15) is 0 Å². The first kappa shape index (κ1) is 23.9. The molecular formula is C28H23N3O6. The maximum absolute atomic E-state index is 13.1. The van der Waals surface area contributed by atoms with Gasteiger partial charge in [0.25, 0.3) is 17.7 Å². The molecule has 186 valence electrons. The van der Waals surface area contributed by atoms with Gasteiger partial charge in [-0.1, -0.05) is 30.3 Å². The summed E-state index contributed by atoms with van der Waals surface area (Å²) in [5, 5.41) is 2.77. The molecule has 0 fully saturated rings. The molecule has 5 rings (SSSR count). The summed E-state index contributed by atoms with van der Waals surface area (Å²) in [4.78, 5) is 66.9. The number of hydrogen-bond donors (Lipinski definition) is 1. The van der Waals surface area contributed by atoms with Crippen molar-refractivity contribution in [1.82, 2.24) is 0 Å². The van der Waals surface area contributed by atoms with Crippen LogP contribution in [0, 0.1) is 6.92 Å². The fourth-order valence-electron chi connectivity index (χ4n) is 4.57. The van der Waals surface area contributed by atoms with Gasteiger partial charge in [0.2, 0.25) is 5.91 Å². The Bertz CT molecular complexity index is 1510. The Labute approximate surface area is 212 Å². The van der Waals surface area contributed by atoms with Crippen LogP contribution in [0.2, 0.25) is 0 Å². The van der Waals surface area contributed by atoms with Crippen LogP contribution in [0.3, 0.4) is 0 Å². The summed E-state index contributed by atoms with van der Waals surface area (Å²) in [7, 11) is 0. The number of nitrogens with one attached hydrogen (secondary N) is 1. The second-order valence-electron chi connectivity index (χ2n) is 9.33. The van der Waals surface area contributed by atoms with E-state index >= 15 is 0 Å².